The quantitative estimate of drug-likeness (QED) is 0.318. The lowest BCUT2D eigenvalue weighted by Crippen LogP contribution is -2.37. The first-order valence-electron chi connectivity index (χ1n) is 4.76. The van der Waals surface area contributed by atoms with Crippen LogP contribution < -0.4 is 5.48 Å². The molecule has 0 radical (unpaired) electrons. The van der Waals surface area contributed by atoms with Crippen LogP contribution in [0.25, 0.3) is 0 Å². The Balaban J connectivity index is 4.41. The van der Waals surface area contributed by atoms with Crippen LogP contribution in [0.5, 0.6) is 0 Å². The first kappa shape index (κ1) is 12.9. The maximum atomic E-state index is 10.0. The molecule has 0 fully saturated rings. The number of hydroxylamine groups is 1. The first-order valence-corrected chi connectivity index (χ1v) is 4.76. The second-order valence-corrected chi connectivity index (χ2v) is 4.37. The highest BCUT2D eigenvalue weighted by Crippen LogP contribution is 2.26. The average molecular weight is 200 g/mol. The largest absolute Gasteiger partial charge is 0.346 e. The summed E-state index contributed by atoms with van der Waals surface area (Å²) in [5.74, 6) is 1.26. The summed E-state index contributed by atoms with van der Waals surface area (Å²) in [6.07, 6.45) is 0.981. The van der Waals surface area contributed by atoms with E-state index in [0.29, 0.717) is 18.2 Å². The number of aliphatic imine (C=N–C) groups is 1. The van der Waals surface area contributed by atoms with E-state index in [1.54, 1.807) is 7.05 Å². The molecule has 0 unspecified atom stereocenters. The van der Waals surface area contributed by atoms with Crippen LogP contribution in [-0.4, -0.2) is 19.4 Å². The summed E-state index contributed by atoms with van der Waals surface area (Å²) in [6, 6.07) is 0. The Labute approximate surface area is 85.7 Å². The van der Waals surface area contributed by atoms with Gasteiger partial charge in [-0.2, -0.15) is 0 Å². The molecule has 0 rings (SSSR count). The molecule has 0 bridgehead atoms. The van der Waals surface area contributed by atoms with Gasteiger partial charge in [0.25, 0.3) is 0 Å². The van der Waals surface area contributed by atoms with Crippen LogP contribution in [0.3, 0.4) is 0 Å². The maximum absolute atomic E-state index is 10.0. The summed E-state index contributed by atoms with van der Waals surface area (Å²) in [7, 11) is 1.68. The van der Waals surface area contributed by atoms with Crippen molar-refractivity contribution in [3.8, 4) is 0 Å². The third kappa shape index (κ3) is 4.25. The lowest BCUT2D eigenvalue weighted by molar-refractivity contribution is -0.132. The molecule has 0 aliphatic heterocycles. The minimum absolute atomic E-state index is 0.105. The molecule has 0 aromatic carbocycles. The number of hydrogen-bond acceptors (Lipinski definition) is 3. The topological polar surface area (TPSA) is 50.7 Å². The number of carbonyl (C=O) groups is 1. The van der Waals surface area contributed by atoms with Gasteiger partial charge in [0.05, 0.1) is 0 Å². The van der Waals surface area contributed by atoms with Crippen molar-refractivity contribution < 1.29 is 9.63 Å². The van der Waals surface area contributed by atoms with E-state index in [2.05, 4.69) is 43.0 Å². The molecule has 4 heteroatoms. The first-order chi connectivity index (χ1) is 6.44. The van der Waals surface area contributed by atoms with Gasteiger partial charge in [0.2, 0.25) is 0 Å². The predicted octanol–water partition coefficient (Wildman–Crippen LogP) is 1.76. The molecule has 4 nitrogen and oxygen atoms in total. The Hall–Kier alpha value is -1.06. The van der Waals surface area contributed by atoms with E-state index in [1.165, 1.54) is 0 Å². The zero-order valence-electron chi connectivity index (χ0n) is 9.63. The number of hydrogen-bond donors (Lipinski definition) is 1. The molecule has 0 aliphatic carbocycles. The molecule has 82 valence electrons. The van der Waals surface area contributed by atoms with Crippen LogP contribution >= 0.6 is 0 Å². The van der Waals surface area contributed by atoms with Gasteiger partial charge >= 0.3 is 6.47 Å². The smallest absolute Gasteiger partial charge is 0.320 e. The van der Waals surface area contributed by atoms with Crippen LogP contribution in [0.2, 0.25) is 0 Å². The van der Waals surface area contributed by atoms with E-state index in [1.807, 2.05) is 0 Å². The summed E-state index contributed by atoms with van der Waals surface area (Å²) in [4.78, 5) is 18.6. The van der Waals surface area contributed by atoms with Crippen molar-refractivity contribution in [3.05, 3.63) is 0 Å². The summed E-state index contributed by atoms with van der Waals surface area (Å²) in [5, 5.41) is 0. The normalized spacial score (nSPS) is 12.9. The Morgan fingerprint density at radius 3 is 2.50 bits per heavy atom. The summed E-state index contributed by atoms with van der Waals surface area (Å²) in [5.41, 5.74) is 2.44. The summed E-state index contributed by atoms with van der Waals surface area (Å²) in [6.45, 7) is 8.79. The van der Waals surface area contributed by atoms with Crippen molar-refractivity contribution in [2.45, 2.75) is 34.1 Å². The number of amidine groups is 1. The number of rotatable bonds is 5. The maximum Gasteiger partial charge on any atom is 0.320 e. The molecule has 14 heavy (non-hydrogen) atoms. The lowest BCUT2D eigenvalue weighted by atomic mass is 9.83. The highest BCUT2D eigenvalue weighted by molar-refractivity contribution is 5.86. The van der Waals surface area contributed by atoms with Crippen LogP contribution in [-0.2, 0) is 9.63 Å². The Morgan fingerprint density at radius 1 is 1.57 bits per heavy atom. The van der Waals surface area contributed by atoms with E-state index >= 15 is 0 Å². The fourth-order valence-electron chi connectivity index (χ4n) is 1.68. The Kier molecular flexibility index (Phi) is 5.20. The highest BCUT2D eigenvalue weighted by atomic mass is 16.7. The molecule has 0 spiro atoms. The van der Waals surface area contributed by atoms with Crippen molar-refractivity contribution in [3.63, 3.8) is 0 Å². The van der Waals surface area contributed by atoms with E-state index in [4.69, 9.17) is 0 Å². The van der Waals surface area contributed by atoms with Crippen LogP contribution in [0.1, 0.15) is 34.1 Å². The zero-order chi connectivity index (χ0) is 11.2. The Morgan fingerprint density at radius 2 is 2.14 bits per heavy atom. The minimum atomic E-state index is -0.105. The SMILES string of the molecule is CN=C(NOC=O)C(C)(C)CC(C)C. The molecule has 0 amide bonds. The van der Waals surface area contributed by atoms with Gasteiger partial charge in [-0.25, -0.2) is 5.48 Å². The van der Waals surface area contributed by atoms with Gasteiger partial charge in [0.1, 0.15) is 5.84 Å². The van der Waals surface area contributed by atoms with Crippen molar-refractivity contribution in [2.75, 3.05) is 7.05 Å². The second kappa shape index (κ2) is 5.62. The molecule has 0 saturated carbocycles. The van der Waals surface area contributed by atoms with E-state index in [0.717, 1.165) is 6.42 Å². The second-order valence-electron chi connectivity index (χ2n) is 4.37. The van der Waals surface area contributed by atoms with Crippen LogP contribution in [0.4, 0.5) is 0 Å². The summed E-state index contributed by atoms with van der Waals surface area (Å²) < 4.78 is 0. The van der Waals surface area contributed by atoms with E-state index in [9.17, 15) is 4.79 Å². The molecule has 0 atom stereocenters. The van der Waals surface area contributed by atoms with Gasteiger partial charge in [0, 0.05) is 12.5 Å². The predicted molar refractivity (Wildman–Crippen MR) is 56.9 cm³/mol. The fourth-order valence-corrected chi connectivity index (χ4v) is 1.68. The minimum Gasteiger partial charge on any atom is -0.346 e. The molecular formula is C10H20N2O2. The molecule has 0 aromatic rings. The third-order valence-corrected chi connectivity index (χ3v) is 1.99. The van der Waals surface area contributed by atoms with Crippen molar-refractivity contribution in [1.29, 1.82) is 0 Å². The Bertz CT molecular complexity index is 210. The molecule has 0 saturated heterocycles. The number of nitrogens with one attached hydrogen (secondary N) is 1. The third-order valence-electron chi connectivity index (χ3n) is 1.99. The standard InChI is InChI=1S/C10H20N2O2/c1-8(2)6-10(3,4)9(11-5)12-14-7-13/h7-8H,6H2,1-5H3,(H,11,12). The number of nitrogens with zero attached hydrogens (tertiary/aromatic N) is 1. The van der Waals surface area contributed by atoms with E-state index in [-0.39, 0.29) is 5.41 Å². The summed E-state index contributed by atoms with van der Waals surface area (Å²) >= 11 is 0. The van der Waals surface area contributed by atoms with Gasteiger partial charge in [-0.1, -0.05) is 27.7 Å². The molecule has 0 aromatic heterocycles. The fraction of sp³-hybridized carbons (Fsp3) is 0.800. The van der Waals surface area contributed by atoms with Gasteiger partial charge in [0.15, 0.2) is 0 Å². The highest BCUT2D eigenvalue weighted by Gasteiger charge is 2.26. The van der Waals surface area contributed by atoms with Crippen LogP contribution in [0.15, 0.2) is 4.99 Å². The van der Waals surface area contributed by atoms with Gasteiger partial charge in [-0.05, 0) is 12.3 Å². The molecule has 1 N–H and O–H groups in total. The zero-order valence-corrected chi connectivity index (χ0v) is 9.63. The van der Waals surface area contributed by atoms with Crippen LogP contribution in [0, 0.1) is 11.3 Å². The monoisotopic (exact) mass is 200 g/mol. The van der Waals surface area contributed by atoms with Gasteiger partial charge in [-0.15, -0.1) is 0 Å². The van der Waals surface area contributed by atoms with Gasteiger partial charge in [-0.3, -0.25) is 9.79 Å². The molecular weight excluding hydrogens is 180 g/mol. The van der Waals surface area contributed by atoms with Crippen molar-refractivity contribution in [2.24, 2.45) is 16.3 Å². The molecule has 0 aliphatic rings. The lowest BCUT2D eigenvalue weighted by Gasteiger charge is -2.27. The van der Waals surface area contributed by atoms with E-state index < -0.39 is 0 Å². The average Bonchev–Trinajstić information content (AvgIpc) is 2.02. The number of carbonyl (C=O) groups excluding carboxylic acids is 1. The van der Waals surface area contributed by atoms with Gasteiger partial charge < -0.3 is 4.84 Å². The molecule has 0 heterocycles. The van der Waals surface area contributed by atoms with Crippen molar-refractivity contribution in [1.82, 2.24) is 5.48 Å². The van der Waals surface area contributed by atoms with Crippen molar-refractivity contribution >= 4 is 12.3 Å².